The molecule has 0 fully saturated rings. The third kappa shape index (κ3) is 4.68. The Labute approximate surface area is 139 Å². The fourth-order valence-corrected chi connectivity index (χ4v) is 2.42. The molecule has 4 nitrogen and oxygen atoms in total. The highest BCUT2D eigenvalue weighted by Gasteiger charge is 2.18. The van der Waals surface area contributed by atoms with Crippen LogP contribution in [0.4, 0.5) is 17.5 Å². The average Bonchev–Trinajstić information content (AvgIpc) is 2.46. The van der Waals surface area contributed by atoms with Gasteiger partial charge in [-0.1, -0.05) is 45.9 Å². The average molecular weight is 312 g/mol. The molecule has 0 bridgehead atoms. The van der Waals surface area contributed by atoms with Gasteiger partial charge in [0.1, 0.15) is 5.82 Å². The Balaban J connectivity index is 2.31. The highest BCUT2D eigenvalue weighted by Crippen LogP contribution is 2.30. The van der Waals surface area contributed by atoms with Crippen LogP contribution in [0.1, 0.15) is 52.3 Å². The normalized spacial score (nSPS) is 12.8. The zero-order valence-corrected chi connectivity index (χ0v) is 15.1. The van der Waals surface area contributed by atoms with Crippen LogP contribution in [0.2, 0.25) is 0 Å². The molecule has 0 amide bonds. The van der Waals surface area contributed by atoms with Gasteiger partial charge in [-0.15, -0.1) is 0 Å². The molecule has 0 radical (unpaired) electrons. The Morgan fingerprint density at radius 3 is 2.48 bits per heavy atom. The Hall–Kier alpha value is -2.10. The molecule has 1 heterocycles. The second-order valence-corrected chi connectivity index (χ2v) is 7.09. The van der Waals surface area contributed by atoms with Gasteiger partial charge in [0, 0.05) is 23.5 Å². The standard InChI is InChI=1S/C19H28N4/c1-7-13(2)20-17-12-14(3)21-18(23-17)22-16-11-9-8-10-15(16)19(4,5)6/h8-13H,7H2,1-6H3,(H2,20,21,22,23). The van der Waals surface area contributed by atoms with Gasteiger partial charge in [-0.3, -0.25) is 0 Å². The van der Waals surface area contributed by atoms with Crippen molar-refractivity contribution in [1.29, 1.82) is 0 Å². The lowest BCUT2D eigenvalue weighted by Gasteiger charge is -2.23. The summed E-state index contributed by atoms with van der Waals surface area (Å²) >= 11 is 0. The van der Waals surface area contributed by atoms with Gasteiger partial charge >= 0.3 is 0 Å². The molecule has 1 unspecified atom stereocenters. The first-order chi connectivity index (χ1) is 10.8. The molecule has 2 rings (SSSR count). The molecule has 0 aliphatic heterocycles. The van der Waals surface area contributed by atoms with Crippen LogP contribution in [0, 0.1) is 6.92 Å². The van der Waals surface area contributed by atoms with Crippen LogP contribution in [-0.2, 0) is 5.41 Å². The van der Waals surface area contributed by atoms with Gasteiger partial charge in [-0.05, 0) is 37.3 Å². The zero-order chi connectivity index (χ0) is 17.0. The summed E-state index contributed by atoms with van der Waals surface area (Å²) < 4.78 is 0. The summed E-state index contributed by atoms with van der Waals surface area (Å²) in [5.41, 5.74) is 3.31. The van der Waals surface area contributed by atoms with Crippen molar-refractivity contribution in [2.24, 2.45) is 0 Å². The van der Waals surface area contributed by atoms with E-state index in [1.54, 1.807) is 0 Å². The Bertz CT molecular complexity index is 659. The molecular weight excluding hydrogens is 284 g/mol. The third-order valence-electron chi connectivity index (χ3n) is 3.84. The minimum absolute atomic E-state index is 0.0607. The molecule has 0 aliphatic carbocycles. The number of aryl methyl sites for hydroxylation is 1. The molecule has 2 N–H and O–H groups in total. The summed E-state index contributed by atoms with van der Waals surface area (Å²) in [6.45, 7) is 12.9. The van der Waals surface area contributed by atoms with Gasteiger partial charge < -0.3 is 10.6 Å². The molecule has 2 aromatic rings. The first-order valence-electron chi connectivity index (χ1n) is 8.28. The van der Waals surface area contributed by atoms with Crippen molar-refractivity contribution in [3.8, 4) is 0 Å². The minimum atomic E-state index is 0.0607. The number of benzene rings is 1. The second kappa shape index (κ2) is 6.99. The predicted octanol–water partition coefficient (Wildman–Crippen LogP) is 5.04. The molecule has 1 atom stereocenters. The van der Waals surface area contributed by atoms with Gasteiger partial charge in [0.05, 0.1) is 0 Å². The van der Waals surface area contributed by atoms with Crippen LogP contribution in [0.5, 0.6) is 0 Å². The van der Waals surface area contributed by atoms with Gasteiger partial charge in [-0.25, -0.2) is 4.98 Å². The lowest BCUT2D eigenvalue weighted by atomic mass is 9.86. The van der Waals surface area contributed by atoms with E-state index in [1.807, 2.05) is 19.1 Å². The summed E-state index contributed by atoms with van der Waals surface area (Å²) in [5.74, 6) is 1.50. The maximum atomic E-state index is 4.61. The molecule has 1 aromatic heterocycles. The van der Waals surface area contributed by atoms with Crippen molar-refractivity contribution >= 4 is 17.5 Å². The maximum Gasteiger partial charge on any atom is 0.229 e. The molecule has 0 spiro atoms. The Morgan fingerprint density at radius 1 is 1.13 bits per heavy atom. The topological polar surface area (TPSA) is 49.8 Å². The van der Waals surface area contributed by atoms with Crippen molar-refractivity contribution in [2.45, 2.75) is 59.4 Å². The second-order valence-electron chi connectivity index (χ2n) is 7.09. The lowest BCUT2D eigenvalue weighted by molar-refractivity contribution is 0.592. The van der Waals surface area contributed by atoms with Crippen LogP contribution in [-0.4, -0.2) is 16.0 Å². The number of nitrogens with zero attached hydrogens (tertiary/aromatic N) is 2. The van der Waals surface area contributed by atoms with Crippen molar-refractivity contribution in [3.05, 3.63) is 41.6 Å². The highest BCUT2D eigenvalue weighted by molar-refractivity contribution is 5.61. The van der Waals surface area contributed by atoms with Crippen LogP contribution >= 0.6 is 0 Å². The number of hydrogen-bond acceptors (Lipinski definition) is 4. The molecule has 0 saturated carbocycles. The molecule has 0 aliphatic rings. The number of para-hydroxylation sites is 1. The number of rotatable bonds is 5. The summed E-state index contributed by atoms with van der Waals surface area (Å²) in [6.07, 6.45) is 1.05. The molecule has 1 aromatic carbocycles. The predicted molar refractivity (Wildman–Crippen MR) is 98.6 cm³/mol. The summed E-state index contributed by atoms with van der Waals surface area (Å²) in [7, 11) is 0. The van der Waals surface area contributed by atoms with E-state index in [1.165, 1.54) is 5.56 Å². The summed E-state index contributed by atoms with van der Waals surface area (Å²) in [6, 6.07) is 10.7. The summed E-state index contributed by atoms with van der Waals surface area (Å²) in [5, 5.41) is 6.80. The van der Waals surface area contributed by atoms with Crippen LogP contribution in [0.15, 0.2) is 30.3 Å². The SMILES string of the molecule is CCC(C)Nc1cc(C)nc(Nc2ccccc2C(C)(C)C)n1. The number of hydrogen-bond donors (Lipinski definition) is 2. The number of aromatic nitrogens is 2. The Kier molecular flexibility index (Phi) is 5.24. The van der Waals surface area contributed by atoms with Crippen molar-refractivity contribution in [2.75, 3.05) is 10.6 Å². The van der Waals surface area contributed by atoms with Gasteiger partial charge in [0.25, 0.3) is 0 Å². The largest absolute Gasteiger partial charge is 0.367 e. The number of nitrogens with one attached hydrogen (secondary N) is 2. The van der Waals surface area contributed by atoms with E-state index >= 15 is 0 Å². The van der Waals surface area contributed by atoms with E-state index in [9.17, 15) is 0 Å². The van der Waals surface area contributed by atoms with E-state index < -0.39 is 0 Å². The first-order valence-corrected chi connectivity index (χ1v) is 8.28. The van der Waals surface area contributed by atoms with Crippen LogP contribution in [0.3, 0.4) is 0 Å². The van der Waals surface area contributed by atoms with Crippen molar-refractivity contribution < 1.29 is 0 Å². The van der Waals surface area contributed by atoms with Crippen molar-refractivity contribution in [1.82, 2.24) is 9.97 Å². The molecule has 23 heavy (non-hydrogen) atoms. The fraction of sp³-hybridized carbons (Fsp3) is 0.474. The molecule has 4 heteroatoms. The first kappa shape index (κ1) is 17.3. The molecule has 0 saturated heterocycles. The molecule has 124 valence electrons. The highest BCUT2D eigenvalue weighted by atomic mass is 15.1. The quantitative estimate of drug-likeness (QED) is 0.812. The van der Waals surface area contributed by atoms with Gasteiger partial charge in [-0.2, -0.15) is 4.98 Å². The van der Waals surface area contributed by atoms with Crippen molar-refractivity contribution in [3.63, 3.8) is 0 Å². The lowest BCUT2D eigenvalue weighted by Crippen LogP contribution is -2.16. The van der Waals surface area contributed by atoms with E-state index in [0.29, 0.717) is 12.0 Å². The van der Waals surface area contributed by atoms with Gasteiger partial charge in [0.2, 0.25) is 5.95 Å². The van der Waals surface area contributed by atoms with Gasteiger partial charge in [0.15, 0.2) is 0 Å². The summed E-state index contributed by atoms with van der Waals surface area (Å²) in [4.78, 5) is 9.13. The maximum absolute atomic E-state index is 4.61. The fourth-order valence-electron chi connectivity index (χ4n) is 2.42. The van der Waals surface area contributed by atoms with Crippen LogP contribution in [0.25, 0.3) is 0 Å². The molecular formula is C19H28N4. The zero-order valence-electron chi connectivity index (χ0n) is 15.1. The van der Waals surface area contributed by atoms with E-state index in [-0.39, 0.29) is 5.41 Å². The van der Waals surface area contributed by atoms with E-state index in [4.69, 9.17) is 0 Å². The number of anilines is 3. The minimum Gasteiger partial charge on any atom is -0.367 e. The van der Waals surface area contributed by atoms with E-state index in [2.05, 4.69) is 73.4 Å². The van der Waals surface area contributed by atoms with E-state index in [0.717, 1.165) is 23.6 Å². The third-order valence-corrected chi connectivity index (χ3v) is 3.84. The smallest absolute Gasteiger partial charge is 0.229 e. The van der Waals surface area contributed by atoms with Crippen LogP contribution < -0.4 is 10.6 Å². The monoisotopic (exact) mass is 312 g/mol. The Morgan fingerprint density at radius 2 is 1.83 bits per heavy atom.